The molecule has 0 aliphatic carbocycles. The molecule has 1 aliphatic rings. The van der Waals surface area contributed by atoms with Crippen LogP contribution in [-0.4, -0.2) is 11.4 Å². The maximum atomic E-state index is 4.34. The van der Waals surface area contributed by atoms with E-state index in [9.17, 15) is 0 Å². The van der Waals surface area contributed by atoms with Gasteiger partial charge >= 0.3 is 0 Å². The van der Waals surface area contributed by atoms with Gasteiger partial charge in [0.05, 0.1) is 6.04 Å². The van der Waals surface area contributed by atoms with E-state index in [1.54, 1.807) is 0 Å². The molecule has 1 fully saturated rings. The summed E-state index contributed by atoms with van der Waals surface area (Å²) in [6, 6.07) is 9.29. The Labute approximate surface area is 112 Å². The fourth-order valence-electron chi connectivity index (χ4n) is 2.80. The first-order valence-electron chi connectivity index (χ1n) is 6.93. The Morgan fingerprint density at radius 3 is 2.56 bits per heavy atom. The van der Waals surface area contributed by atoms with Crippen LogP contribution in [0.15, 0.2) is 36.5 Å². The van der Waals surface area contributed by atoms with E-state index in [4.69, 9.17) is 0 Å². The Hall–Kier alpha value is -1.24. The van der Waals surface area contributed by atoms with Gasteiger partial charge in [-0.3, -0.25) is 0 Å². The highest BCUT2D eigenvalue weighted by Crippen LogP contribution is 2.40. The molecule has 1 heterocycles. The zero-order valence-corrected chi connectivity index (χ0v) is 12.2. The maximum absolute atomic E-state index is 4.34. The maximum Gasteiger partial charge on any atom is 0.0542 e. The molecule has 2 rings (SSSR count). The first-order chi connectivity index (χ1) is 8.41. The van der Waals surface area contributed by atoms with Crippen LogP contribution in [0.25, 0.3) is 0 Å². The summed E-state index contributed by atoms with van der Waals surface area (Å²) in [7, 11) is 0. The molecule has 1 aromatic rings. The van der Waals surface area contributed by atoms with Gasteiger partial charge in [0, 0.05) is 17.7 Å². The lowest BCUT2D eigenvalue weighted by molar-refractivity contribution is 0.254. The van der Waals surface area contributed by atoms with Crippen LogP contribution in [0.1, 0.15) is 50.8 Å². The van der Waals surface area contributed by atoms with Crippen molar-refractivity contribution in [1.29, 1.82) is 0 Å². The minimum absolute atomic E-state index is 0.158. The van der Waals surface area contributed by atoms with Gasteiger partial charge in [-0.1, -0.05) is 51.6 Å². The van der Waals surface area contributed by atoms with E-state index in [0.717, 1.165) is 6.54 Å². The Morgan fingerprint density at radius 2 is 1.94 bits per heavy atom. The van der Waals surface area contributed by atoms with Gasteiger partial charge < -0.3 is 4.90 Å². The van der Waals surface area contributed by atoms with E-state index in [1.807, 2.05) is 0 Å². The van der Waals surface area contributed by atoms with Crippen molar-refractivity contribution in [3.05, 3.63) is 47.7 Å². The molecule has 0 aromatic heterocycles. The molecule has 1 aromatic carbocycles. The second-order valence-corrected chi connectivity index (χ2v) is 6.40. The molecular formula is C17H25N. The summed E-state index contributed by atoms with van der Waals surface area (Å²) in [4.78, 5) is 2.52. The number of nitrogens with zero attached hydrogens (tertiary/aromatic N) is 1. The summed E-state index contributed by atoms with van der Waals surface area (Å²) in [5.41, 5.74) is 4.30. The molecule has 0 amide bonds. The SMILES string of the molecule is C=C(N1CCCC1c1ccccc1C)C(C)(C)C. The van der Waals surface area contributed by atoms with Crippen molar-refractivity contribution in [3.63, 3.8) is 0 Å². The van der Waals surface area contributed by atoms with Crippen molar-refractivity contribution in [1.82, 2.24) is 4.90 Å². The molecule has 1 aliphatic heterocycles. The zero-order valence-electron chi connectivity index (χ0n) is 12.2. The third-order valence-electron chi connectivity index (χ3n) is 4.01. The average Bonchev–Trinajstić information content (AvgIpc) is 2.76. The molecule has 1 heteroatoms. The Bertz CT molecular complexity index is 439. The van der Waals surface area contributed by atoms with Crippen LogP contribution in [0.2, 0.25) is 0 Å². The summed E-state index contributed by atoms with van der Waals surface area (Å²) in [5.74, 6) is 0. The molecule has 1 atom stereocenters. The van der Waals surface area contributed by atoms with Crippen LogP contribution >= 0.6 is 0 Å². The number of likely N-dealkylation sites (tertiary alicyclic amines) is 1. The van der Waals surface area contributed by atoms with Crippen molar-refractivity contribution in [2.75, 3.05) is 6.54 Å². The van der Waals surface area contributed by atoms with Crippen LogP contribution in [-0.2, 0) is 0 Å². The summed E-state index contributed by atoms with van der Waals surface area (Å²) in [6.45, 7) is 14.5. The smallest absolute Gasteiger partial charge is 0.0542 e. The highest BCUT2D eigenvalue weighted by molar-refractivity contribution is 5.30. The largest absolute Gasteiger partial charge is 0.368 e. The molecule has 98 valence electrons. The summed E-state index contributed by atoms with van der Waals surface area (Å²) >= 11 is 0. The lowest BCUT2D eigenvalue weighted by atomic mass is 9.90. The highest BCUT2D eigenvalue weighted by atomic mass is 15.2. The Kier molecular flexibility index (Phi) is 3.52. The summed E-state index contributed by atoms with van der Waals surface area (Å²) < 4.78 is 0. The van der Waals surface area contributed by atoms with Gasteiger partial charge in [0.15, 0.2) is 0 Å². The number of aryl methyl sites for hydroxylation is 1. The molecule has 0 saturated carbocycles. The van der Waals surface area contributed by atoms with E-state index >= 15 is 0 Å². The minimum atomic E-state index is 0.158. The third-order valence-corrected chi connectivity index (χ3v) is 4.01. The third kappa shape index (κ3) is 2.45. The predicted octanol–water partition coefficient (Wildman–Crippen LogP) is 4.69. The van der Waals surface area contributed by atoms with Gasteiger partial charge in [0.1, 0.15) is 0 Å². The van der Waals surface area contributed by atoms with Gasteiger partial charge in [-0.2, -0.15) is 0 Å². The molecule has 1 unspecified atom stereocenters. The van der Waals surface area contributed by atoms with Crippen LogP contribution in [0.5, 0.6) is 0 Å². The molecule has 0 radical (unpaired) electrons. The first-order valence-corrected chi connectivity index (χ1v) is 6.93. The topological polar surface area (TPSA) is 3.24 Å². The van der Waals surface area contributed by atoms with E-state index in [2.05, 4.69) is 63.4 Å². The molecule has 1 nitrogen and oxygen atoms in total. The fraction of sp³-hybridized carbons (Fsp3) is 0.529. The van der Waals surface area contributed by atoms with Crippen molar-refractivity contribution < 1.29 is 0 Å². The van der Waals surface area contributed by atoms with Crippen LogP contribution in [0.4, 0.5) is 0 Å². The Balaban J connectivity index is 2.29. The van der Waals surface area contributed by atoms with Gasteiger partial charge in [0.25, 0.3) is 0 Å². The monoisotopic (exact) mass is 243 g/mol. The van der Waals surface area contributed by atoms with E-state index in [-0.39, 0.29) is 5.41 Å². The Morgan fingerprint density at radius 1 is 1.28 bits per heavy atom. The molecule has 0 spiro atoms. The number of hydrogen-bond acceptors (Lipinski definition) is 1. The number of allylic oxidation sites excluding steroid dienone is 1. The van der Waals surface area contributed by atoms with E-state index < -0.39 is 0 Å². The summed E-state index contributed by atoms with van der Waals surface area (Å²) in [5, 5.41) is 0. The van der Waals surface area contributed by atoms with Gasteiger partial charge in [0.2, 0.25) is 0 Å². The van der Waals surface area contributed by atoms with E-state index in [1.165, 1.54) is 29.7 Å². The highest BCUT2D eigenvalue weighted by Gasteiger charge is 2.31. The van der Waals surface area contributed by atoms with Crippen LogP contribution in [0.3, 0.4) is 0 Å². The minimum Gasteiger partial charge on any atom is -0.368 e. The standard InChI is InChI=1S/C17H25N/c1-13-9-6-7-10-15(13)16-11-8-12-18(16)14(2)17(3,4)5/h6-7,9-10,16H,2,8,11-12H2,1,3-5H3. The molecule has 18 heavy (non-hydrogen) atoms. The van der Waals surface area contributed by atoms with Crippen molar-refractivity contribution in [3.8, 4) is 0 Å². The second-order valence-electron chi connectivity index (χ2n) is 6.40. The molecular weight excluding hydrogens is 218 g/mol. The van der Waals surface area contributed by atoms with Crippen LogP contribution < -0.4 is 0 Å². The quantitative estimate of drug-likeness (QED) is 0.728. The van der Waals surface area contributed by atoms with E-state index in [0.29, 0.717) is 6.04 Å². The van der Waals surface area contributed by atoms with Crippen LogP contribution in [0, 0.1) is 12.3 Å². The lowest BCUT2D eigenvalue weighted by Crippen LogP contribution is -2.29. The van der Waals surface area contributed by atoms with Gasteiger partial charge in [-0.05, 0) is 30.9 Å². The molecule has 0 bridgehead atoms. The first kappa shape index (κ1) is 13.2. The van der Waals surface area contributed by atoms with Crippen molar-refractivity contribution in [2.45, 2.75) is 46.6 Å². The molecule has 0 N–H and O–H groups in total. The average molecular weight is 243 g/mol. The second kappa shape index (κ2) is 4.79. The van der Waals surface area contributed by atoms with Crippen molar-refractivity contribution >= 4 is 0 Å². The number of benzene rings is 1. The molecule has 1 saturated heterocycles. The number of rotatable bonds is 2. The lowest BCUT2D eigenvalue weighted by Gasteiger charge is -2.36. The fourth-order valence-corrected chi connectivity index (χ4v) is 2.80. The normalized spacial score (nSPS) is 20.2. The van der Waals surface area contributed by atoms with Gasteiger partial charge in [-0.25, -0.2) is 0 Å². The van der Waals surface area contributed by atoms with Crippen molar-refractivity contribution in [2.24, 2.45) is 5.41 Å². The predicted molar refractivity (Wildman–Crippen MR) is 78.5 cm³/mol. The zero-order chi connectivity index (χ0) is 13.3. The number of hydrogen-bond donors (Lipinski definition) is 0. The van der Waals surface area contributed by atoms with Gasteiger partial charge in [-0.15, -0.1) is 0 Å². The summed E-state index contributed by atoms with van der Waals surface area (Å²) in [6.07, 6.45) is 2.52.